The maximum Gasteiger partial charge on any atom is 0.263 e. The number of nitrogens with one attached hydrogen (secondary N) is 1. The van der Waals surface area contributed by atoms with E-state index in [1.54, 1.807) is 0 Å². The molecular weight excluding hydrogens is 430 g/mol. The highest BCUT2D eigenvalue weighted by molar-refractivity contribution is 7.17. The molecule has 5 aromatic rings. The molecule has 5 rings (SSSR count). The molecule has 0 spiro atoms. The van der Waals surface area contributed by atoms with Gasteiger partial charge in [0.05, 0.1) is 11.7 Å². The first-order valence-electron chi connectivity index (χ1n) is 10.6. The molecule has 162 valence electrons. The molecule has 1 N–H and O–H groups in total. The summed E-state index contributed by atoms with van der Waals surface area (Å²) in [6, 6.07) is 25.9. The zero-order valence-electron chi connectivity index (χ0n) is 18.0. The molecule has 0 saturated heterocycles. The summed E-state index contributed by atoms with van der Waals surface area (Å²) < 4.78 is 1.37. The summed E-state index contributed by atoms with van der Waals surface area (Å²) in [6.07, 6.45) is 1.45. The van der Waals surface area contributed by atoms with Gasteiger partial charge in [0.15, 0.2) is 0 Å². The number of rotatable bonds is 5. The summed E-state index contributed by atoms with van der Waals surface area (Å²) in [6.45, 7) is 1.83. The SMILES string of the molecule is Cc1ccccc1NC(=O)Cn1cnc2scc(-c3ccc(-c4ccccc4)cc3)c2c1=O. The Labute approximate surface area is 195 Å². The van der Waals surface area contributed by atoms with Crippen LogP contribution in [-0.4, -0.2) is 15.5 Å². The van der Waals surface area contributed by atoms with Gasteiger partial charge in [0.2, 0.25) is 5.91 Å². The average Bonchev–Trinajstić information content (AvgIpc) is 3.28. The highest BCUT2D eigenvalue weighted by Gasteiger charge is 2.15. The molecule has 5 nitrogen and oxygen atoms in total. The Kier molecular flexibility index (Phi) is 5.59. The quantitative estimate of drug-likeness (QED) is 0.371. The van der Waals surface area contributed by atoms with Crippen LogP contribution in [0, 0.1) is 6.92 Å². The maximum absolute atomic E-state index is 13.3. The van der Waals surface area contributed by atoms with E-state index in [0.29, 0.717) is 10.2 Å². The van der Waals surface area contributed by atoms with Gasteiger partial charge in [-0.25, -0.2) is 4.98 Å². The summed E-state index contributed by atoms with van der Waals surface area (Å²) in [4.78, 5) is 31.0. The van der Waals surface area contributed by atoms with Gasteiger partial charge in [0, 0.05) is 16.6 Å². The number of fused-ring (bicyclic) bond motifs is 1. The van der Waals surface area contributed by atoms with Crippen molar-refractivity contribution in [1.29, 1.82) is 0 Å². The zero-order chi connectivity index (χ0) is 22.8. The number of aryl methyl sites for hydroxylation is 1. The van der Waals surface area contributed by atoms with Crippen molar-refractivity contribution in [3.8, 4) is 22.3 Å². The number of hydrogen-bond donors (Lipinski definition) is 1. The van der Waals surface area contributed by atoms with Crippen LogP contribution in [0.4, 0.5) is 5.69 Å². The lowest BCUT2D eigenvalue weighted by molar-refractivity contribution is -0.116. The molecule has 0 aliphatic rings. The number of benzene rings is 3. The Bertz CT molecular complexity index is 1500. The first-order chi connectivity index (χ1) is 16.1. The topological polar surface area (TPSA) is 64.0 Å². The van der Waals surface area contributed by atoms with Crippen LogP contribution in [0.3, 0.4) is 0 Å². The summed E-state index contributed by atoms with van der Waals surface area (Å²) >= 11 is 1.43. The van der Waals surface area contributed by atoms with Crippen LogP contribution >= 0.6 is 11.3 Å². The minimum Gasteiger partial charge on any atom is -0.324 e. The number of amides is 1. The van der Waals surface area contributed by atoms with E-state index in [4.69, 9.17) is 0 Å². The number of nitrogens with zero attached hydrogens (tertiary/aromatic N) is 2. The molecule has 0 fully saturated rings. The number of hydrogen-bond acceptors (Lipinski definition) is 4. The second-order valence-electron chi connectivity index (χ2n) is 7.81. The summed E-state index contributed by atoms with van der Waals surface area (Å²) in [5.41, 5.74) is 5.52. The lowest BCUT2D eigenvalue weighted by atomic mass is 10.0. The molecule has 3 aromatic carbocycles. The van der Waals surface area contributed by atoms with Crippen LogP contribution < -0.4 is 10.9 Å². The van der Waals surface area contributed by atoms with E-state index in [9.17, 15) is 9.59 Å². The van der Waals surface area contributed by atoms with Gasteiger partial charge in [-0.15, -0.1) is 11.3 Å². The number of thiophene rings is 1. The van der Waals surface area contributed by atoms with Gasteiger partial charge >= 0.3 is 0 Å². The smallest absolute Gasteiger partial charge is 0.263 e. The van der Waals surface area contributed by atoms with Crippen LogP contribution in [0.2, 0.25) is 0 Å². The number of para-hydroxylation sites is 1. The Hall–Kier alpha value is -4.03. The fraction of sp³-hybridized carbons (Fsp3) is 0.0741. The Morgan fingerprint density at radius 1 is 0.909 bits per heavy atom. The number of aromatic nitrogens is 2. The normalized spacial score (nSPS) is 10.9. The highest BCUT2D eigenvalue weighted by Crippen LogP contribution is 2.32. The molecule has 6 heteroatoms. The molecule has 0 atom stereocenters. The second kappa shape index (κ2) is 8.84. The number of carbonyl (C=O) groups is 1. The van der Waals surface area contributed by atoms with Crippen molar-refractivity contribution in [3.63, 3.8) is 0 Å². The van der Waals surface area contributed by atoms with Crippen LogP contribution in [0.1, 0.15) is 5.56 Å². The van der Waals surface area contributed by atoms with Crippen molar-refractivity contribution < 1.29 is 4.79 Å². The Morgan fingerprint density at radius 2 is 1.58 bits per heavy atom. The minimum absolute atomic E-state index is 0.0989. The predicted molar refractivity (Wildman–Crippen MR) is 135 cm³/mol. The standard InChI is InChI=1S/C27H21N3O2S/c1-18-7-5-6-10-23(18)29-24(31)15-30-17-28-26-25(27(30)32)22(16-33-26)21-13-11-20(12-14-21)19-8-3-2-4-9-19/h2-14,16-17H,15H2,1H3,(H,29,31). The van der Waals surface area contributed by atoms with Gasteiger partial charge in [0.1, 0.15) is 11.4 Å². The first-order valence-corrected chi connectivity index (χ1v) is 11.5. The van der Waals surface area contributed by atoms with E-state index in [2.05, 4.69) is 34.6 Å². The van der Waals surface area contributed by atoms with Gasteiger partial charge < -0.3 is 5.32 Å². The Balaban J connectivity index is 1.45. The van der Waals surface area contributed by atoms with Gasteiger partial charge in [-0.3, -0.25) is 14.2 Å². The van der Waals surface area contributed by atoms with E-state index in [1.807, 2.05) is 66.9 Å². The fourth-order valence-electron chi connectivity index (χ4n) is 3.82. The molecule has 2 heterocycles. The minimum atomic E-state index is -0.267. The summed E-state index contributed by atoms with van der Waals surface area (Å²) in [5, 5.41) is 5.37. The van der Waals surface area contributed by atoms with E-state index >= 15 is 0 Å². The average molecular weight is 452 g/mol. The van der Waals surface area contributed by atoms with Crippen molar-refractivity contribution in [2.45, 2.75) is 13.5 Å². The Morgan fingerprint density at radius 3 is 2.33 bits per heavy atom. The van der Waals surface area contributed by atoms with Crippen LogP contribution in [0.15, 0.2) is 95.4 Å². The van der Waals surface area contributed by atoms with Crippen molar-refractivity contribution in [2.24, 2.45) is 0 Å². The lowest BCUT2D eigenvalue weighted by Gasteiger charge is -2.10. The predicted octanol–water partition coefficient (Wildman–Crippen LogP) is 5.74. The van der Waals surface area contributed by atoms with Crippen molar-refractivity contribution in [2.75, 3.05) is 5.32 Å². The monoisotopic (exact) mass is 451 g/mol. The van der Waals surface area contributed by atoms with E-state index in [-0.39, 0.29) is 18.0 Å². The van der Waals surface area contributed by atoms with Gasteiger partial charge in [-0.05, 0) is 35.2 Å². The molecule has 0 bridgehead atoms. The molecule has 33 heavy (non-hydrogen) atoms. The molecule has 0 unspecified atom stereocenters. The highest BCUT2D eigenvalue weighted by atomic mass is 32.1. The summed E-state index contributed by atoms with van der Waals surface area (Å²) in [7, 11) is 0. The summed E-state index contributed by atoms with van der Waals surface area (Å²) in [5.74, 6) is -0.267. The van der Waals surface area contributed by atoms with Gasteiger partial charge in [-0.1, -0.05) is 72.8 Å². The third kappa shape index (κ3) is 4.21. The maximum atomic E-state index is 13.3. The molecular formula is C27H21N3O2S. The molecule has 2 aromatic heterocycles. The lowest BCUT2D eigenvalue weighted by Crippen LogP contribution is -2.28. The van der Waals surface area contributed by atoms with Crippen LogP contribution in [-0.2, 0) is 11.3 Å². The molecule has 0 saturated carbocycles. The number of anilines is 1. The molecule has 0 aliphatic carbocycles. The van der Waals surface area contributed by atoms with E-state index in [0.717, 1.165) is 33.5 Å². The van der Waals surface area contributed by atoms with Crippen LogP contribution in [0.5, 0.6) is 0 Å². The van der Waals surface area contributed by atoms with Crippen molar-refractivity contribution >= 4 is 33.1 Å². The zero-order valence-corrected chi connectivity index (χ0v) is 18.8. The molecule has 0 radical (unpaired) electrons. The fourth-order valence-corrected chi connectivity index (χ4v) is 4.73. The molecule has 1 amide bonds. The van der Waals surface area contributed by atoms with Gasteiger partial charge in [-0.2, -0.15) is 0 Å². The second-order valence-corrected chi connectivity index (χ2v) is 8.67. The molecule has 0 aliphatic heterocycles. The first kappa shape index (κ1) is 20.8. The van der Waals surface area contributed by atoms with E-state index < -0.39 is 0 Å². The largest absolute Gasteiger partial charge is 0.324 e. The van der Waals surface area contributed by atoms with Crippen LogP contribution in [0.25, 0.3) is 32.5 Å². The number of carbonyl (C=O) groups excluding carboxylic acids is 1. The van der Waals surface area contributed by atoms with Gasteiger partial charge in [0.25, 0.3) is 5.56 Å². The van der Waals surface area contributed by atoms with Crippen molar-refractivity contribution in [3.05, 3.63) is 106 Å². The third-order valence-electron chi connectivity index (χ3n) is 5.60. The van der Waals surface area contributed by atoms with Crippen molar-refractivity contribution in [1.82, 2.24) is 9.55 Å². The third-order valence-corrected chi connectivity index (χ3v) is 6.48. The van der Waals surface area contributed by atoms with E-state index in [1.165, 1.54) is 22.2 Å².